The number of nitrogens with one attached hydrogen (secondary N) is 1. The maximum Gasteiger partial charge on any atom is 0.237 e. The Morgan fingerprint density at radius 3 is 2.73 bits per heavy atom. The van der Waals surface area contributed by atoms with Gasteiger partial charge in [-0.2, -0.15) is 0 Å². The highest BCUT2D eigenvalue weighted by molar-refractivity contribution is 6.32. The van der Waals surface area contributed by atoms with E-state index in [0.29, 0.717) is 41.7 Å². The van der Waals surface area contributed by atoms with E-state index >= 15 is 0 Å². The van der Waals surface area contributed by atoms with Crippen LogP contribution in [0.4, 0.5) is 0 Å². The van der Waals surface area contributed by atoms with Crippen LogP contribution in [0.1, 0.15) is 17.2 Å². The van der Waals surface area contributed by atoms with E-state index in [0.717, 1.165) is 5.56 Å². The molecule has 2 aromatic carbocycles. The molecule has 1 aliphatic heterocycles. The lowest BCUT2D eigenvalue weighted by molar-refractivity contribution is -0.122. The summed E-state index contributed by atoms with van der Waals surface area (Å²) in [4.78, 5) is 12.2. The molecule has 0 fully saturated rings. The summed E-state index contributed by atoms with van der Waals surface area (Å²) in [6.45, 7) is 0.884. The fourth-order valence-electron chi connectivity index (χ4n) is 2.73. The zero-order valence-corrected chi connectivity index (χ0v) is 14.9. The number of fused-ring (bicyclic) bond motifs is 1. The number of carbonyl (C=O) groups is 1. The summed E-state index contributed by atoms with van der Waals surface area (Å²) in [5.74, 6) is 0.643. The molecule has 1 heterocycles. The number of aliphatic hydroxyl groups is 1. The topological polar surface area (TPSA) is 93.8 Å². The van der Waals surface area contributed by atoms with Crippen molar-refractivity contribution in [1.82, 2.24) is 5.32 Å². The maximum absolute atomic E-state index is 12.2. The molecule has 6 nitrogen and oxygen atoms in total. The number of halogens is 1. The van der Waals surface area contributed by atoms with E-state index in [1.807, 2.05) is 30.3 Å². The van der Waals surface area contributed by atoms with E-state index in [2.05, 4.69) is 5.32 Å². The first-order valence-corrected chi connectivity index (χ1v) is 8.76. The van der Waals surface area contributed by atoms with Crippen LogP contribution in [0.15, 0.2) is 42.5 Å². The van der Waals surface area contributed by atoms with Crippen LogP contribution in [0.2, 0.25) is 5.02 Å². The highest BCUT2D eigenvalue weighted by Crippen LogP contribution is 2.39. The lowest BCUT2D eigenvalue weighted by Gasteiger charge is -2.22. The Bertz CT molecular complexity index is 770. The Hall–Kier alpha value is -2.28. The lowest BCUT2D eigenvalue weighted by Crippen LogP contribution is -2.43. The van der Waals surface area contributed by atoms with E-state index in [1.54, 1.807) is 12.1 Å². The third kappa shape index (κ3) is 4.46. The molecule has 3 rings (SSSR count). The molecule has 0 radical (unpaired) electrons. The minimum atomic E-state index is -0.934. The Labute approximate surface area is 156 Å². The van der Waals surface area contributed by atoms with E-state index in [4.69, 9.17) is 26.8 Å². The van der Waals surface area contributed by atoms with Crippen LogP contribution >= 0.6 is 11.6 Å². The highest BCUT2D eigenvalue weighted by atomic mass is 35.5. The van der Waals surface area contributed by atoms with E-state index in [9.17, 15) is 9.90 Å². The molecule has 4 N–H and O–H groups in total. The number of nitrogens with two attached hydrogens (primary N) is 1. The molecule has 0 spiro atoms. The predicted molar refractivity (Wildman–Crippen MR) is 98.5 cm³/mol. The SMILES string of the molecule is N[C@@H](Cc1ccccc1)C(=O)NCC(O)c1cc(Cl)c2c(c1)OCCO2. The summed E-state index contributed by atoms with van der Waals surface area (Å²) in [7, 11) is 0. The van der Waals surface area contributed by atoms with Crippen LogP contribution < -0.4 is 20.5 Å². The average molecular weight is 377 g/mol. The number of benzene rings is 2. The van der Waals surface area contributed by atoms with E-state index in [1.165, 1.54) is 0 Å². The molecular formula is C19H21ClN2O4. The summed E-state index contributed by atoms with van der Waals surface area (Å²) in [5.41, 5.74) is 7.46. The van der Waals surface area contributed by atoms with Crippen LogP contribution in [-0.4, -0.2) is 36.8 Å². The van der Waals surface area contributed by atoms with Gasteiger partial charge in [-0.3, -0.25) is 4.79 Å². The number of rotatable bonds is 6. The minimum Gasteiger partial charge on any atom is -0.486 e. The monoisotopic (exact) mass is 376 g/mol. The van der Waals surface area contributed by atoms with Gasteiger partial charge in [-0.1, -0.05) is 41.9 Å². The van der Waals surface area contributed by atoms with Crippen molar-refractivity contribution >= 4 is 17.5 Å². The molecular weight excluding hydrogens is 356 g/mol. The molecule has 26 heavy (non-hydrogen) atoms. The number of carbonyl (C=O) groups excluding carboxylic acids is 1. The number of aliphatic hydroxyl groups excluding tert-OH is 1. The Morgan fingerprint density at radius 1 is 1.23 bits per heavy atom. The first-order chi connectivity index (χ1) is 12.5. The summed E-state index contributed by atoms with van der Waals surface area (Å²) in [6, 6.07) is 12.1. The Morgan fingerprint density at radius 2 is 1.96 bits per heavy atom. The third-order valence-electron chi connectivity index (χ3n) is 4.11. The van der Waals surface area contributed by atoms with Gasteiger partial charge in [0.05, 0.1) is 17.2 Å². The zero-order valence-electron chi connectivity index (χ0n) is 14.2. The number of amides is 1. The molecule has 0 bridgehead atoms. The first kappa shape index (κ1) is 18.5. The number of ether oxygens (including phenoxy) is 2. The zero-order chi connectivity index (χ0) is 18.5. The van der Waals surface area contributed by atoms with Gasteiger partial charge in [0.15, 0.2) is 11.5 Å². The van der Waals surface area contributed by atoms with Gasteiger partial charge in [0, 0.05) is 6.54 Å². The van der Waals surface area contributed by atoms with Gasteiger partial charge in [0.1, 0.15) is 13.2 Å². The van der Waals surface area contributed by atoms with E-state index < -0.39 is 12.1 Å². The van der Waals surface area contributed by atoms with Gasteiger partial charge in [-0.05, 0) is 29.7 Å². The molecule has 0 aromatic heterocycles. The number of hydrogen-bond acceptors (Lipinski definition) is 5. The fourth-order valence-corrected chi connectivity index (χ4v) is 3.00. The number of hydrogen-bond donors (Lipinski definition) is 3. The van der Waals surface area contributed by atoms with Crippen molar-refractivity contribution in [2.45, 2.75) is 18.6 Å². The molecule has 138 valence electrons. The van der Waals surface area contributed by atoms with Gasteiger partial charge in [-0.25, -0.2) is 0 Å². The van der Waals surface area contributed by atoms with Gasteiger partial charge < -0.3 is 25.6 Å². The largest absolute Gasteiger partial charge is 0.486 e. The molecule has 2 aromatic rings. The third-order valence-corrected chi connectivity index (χ3v) is 4.39. The summed E-state index contributed by atoms with van der Waals surface area (Å²) < 4.78 is 10.9. The van der Waals surface area contributed by atoms with Gasteiger partial charge in [0.2, 0.25) is 5.91 Å². The van der Waals surface area contributed by atoms with Crippen molar-refractivity contribution in [3.63, 3.8) is 0 Å². The van der Waals surface area contributed by atoms with Crippen LogP contribution in [0.3, 0.4) is 0 Å². The van der Waals surface area contributed by atoms with Crippen LogP contribution in [0, 0.1) is 0 Å². The standard InChI is InChI=1S/C19H21ClN2O4/c20-14-9-13(10-17-18(14)26-7-6-25-17)16(23)11-22-19(24)15(21)8-12-4-2-1-3-5-12/h1-5,9-10,15-16,23H,6-8,11,21H2,(H,22,24)/t15-,16?/m0/s1. The quantitative estimate of drug-likeness (QED) is 0.715. The van der Waals surface area contributed by atoms with Crippen molar-refractivity contribution in [3.8, 4) is 11.5 Å². The summed E-state index contributed by atoms with van der Waals surface area (Å²) >= 11 is 6.17. The molecule has 1 amide bonds. The smallest absolute Gasteiger partial charge is 0.237 e. The predicted octanol–water partition coefficient (Wildman–Crippen LogP) is 1.83. The minimum absolute atomic E-state index is 0.0251. The van der Waals surface area contributed by atoms with Crippen molar-refractivity contribution in [2.75, 3.05) is 19.8 Å². The molecule has 1 unspecified atom stereocenters. The molecule has 7 heteroatoms. The van der Waals surface area contributed by atoms with Crippen LogP contribution in [0.5, 0.6) is 11.5 Å². The van der Waals surface area contributed by atoms with E-state index in [-0.39, 0.29) is 12.5 Å². The van der Waals surface area contributed by atoms with Crippen molar-refractivity contribution < 1.29 is 19.4 Å². The molecule has 0 aliphatic carbocycles. The Kier molecular flexibility index (Phi) is 5.98. The second-order valence-electron chi connectivity index (χ2n) is 6.08. The Balaban J connectivity index is 1.57. The molecule has 0 saturated heterocycles. The van der Waals surface area contributed by atoms with Crippen molar-refractivity contribution in [1.29, 1.82) is 0 Å². The first-order valence-electron chi connectivity index (χ1n) is 8.39. The molecule has 0 saturated carbocycles. The maximum atomic E-state index is 12.2. The van der Waals surface area contributed by atoms with Gasteiger partial charge >= 0.3 is 0 Å². The second kappa shape index (κ2) is 8.40. The average Bonchev–Trinajstić information content (AvgIpc) is 2.66. The van der Waals surface area contributed by atoms with Crippen LogP contribution in [0.25, 0.3) is 0 Å². The lowest BCUT2D eigenvalue weighted by atomic mass is 10.1. The summed E-state index contributed by atoms with van der Waals surface area (Å²) in [5, 5.41) is 13.4. The molecule has 1 aliphatic rings. The highest BCUT2D eigenvalue weighted by Gasteiger charge is 2.21. The van der Waals surface area contributed by atoms with Crippen molar-refractivity contribution in [3.05, 3.63) is 58.6 Å². The fraction of sp³-hybridized carbons (Fsp3) is 0.316. The van der Waals surface area contributed by atoms with Gasteiger partial charge in [0.25, 0.3) is 0 Å². The van der Waals surface area contributed by atoms with Crippen molar-refractivity contribution in [2.24, 2.45) is 5.73 Å². The summed E-state index contributed by atoms with van der Waals surface area (Å²) in [6.07, 6.45) is -0.505. The second-order valence-corrected chi connectivity index (χ2v) is 6.49. The van der Waals surface area contributed by atoms with Gasteiger partial charge in [-0.15, -0.1) is 0 Å². The molecule has 2 atom stereocenters. The normalized spacial score (nSPS) is 15.2. The van der Waals surface area contributed by atoms with Crippen LogP contribution in [-0.2, 0) is 11.2 Å².